The summed E-state index contributed by atoms with van der Waals surface area (Å²) in [5.74, 6) is -2.14. The molecule has 1 amide bonds. The van der Waals surface area contributed by atoms with Gasteiger partial charge in [0.25, 0.3) is 0 Å². The lowest BCUT2D eigenvalue weighted by Gasteiger charge is -2.09. The van der Waals surface area contributed by atoms with Crippen molar-refractivity contribution in [1.29, 1.82) is 0 Å². The van der Waals surface area contributed by atoms with Crippen molar-refractivity contribution in [1.82, 2.24) is 4.57 Å². The molecule has 0 bridgehead atoms. The van der Waals surface area contributed by atoms with E-state index in [0.29, 0.717) is 5.52 Å². The minimum absolute atomic E-state index is 0.0329. The van der Waals surface area contributed by atoms with Crippen LogP contribution in [0.25, 0.3) is 10.2 Å². The van der Waals surface area contributed by atoms with Crippen LogP contribution in [0.15, 0.2) is 41.8 Å². The number of halogens is 1. The van der Waals surface area contributed by atoms with Crippen LogP contribution in [-0.2, 0) is 11.3 Å². The summed E-state index contributed by atoms with van der Waals surface area (Å²) in [7, 11) is 0. The minimum atomic E-state index is -1.11. The molecule has 0 spiro atoms. The molecule has 3 aromatic rings. The quantitative estimate of drug-likeness (QED) is 0.776. The highest BCUT2D eigenvalue weighted by atomic mass is 32.1. The first-order valence-electron chi connectivity index (χ1n) is 6.40. The smallest absolute Gasteiger partial charge is 0.352 e. The predicted octanol–water partition coefficient (Wildman–Crippen LogP) is 3.18. The number of para-hydroxylation sites is 1. The molecule has 112 valence electrons. The highest BCUT2D eigenvalue weighted by Gasteiger charge is 2.18. The van der Waals surface area contributed by atoms with Crippen LogP contribution < -0.4 is 5.32 Å². The van der Waals surface area contributed by atoms with Gasteiger partial charge in [-0.05, 0) is 29.6 Å². The van der Waals surface area contributed by atoms with Gasteiger partial charge in [-0.2, -0.15) is 0 Å². The standard InChI is InChI=1S/C15H11FN2O3S/c16-9-3-1-2-4-10(9)17-14(19)8-18-11-5-6-22-13(11)7-12(18)15(20)21/h1-7H,8H2,(H,17,19)(H,20,21). The first kappa shape index (κ1) is 14.3. The van der Waals surface area contributed by atoms with Crippen molar-refractivity contribution in [2.75, 3.05) is 5.32 Å². The van der Waals surface area contributed by atoms with Crippen molar-refractivity contribution in [3.05, 3.63) is 53.3 Å². The Labute approximate surface area is 128 Å². The number of carboxylic acid groups (broad SMARTS) is 1. The number of benzene rings is 1. The van der Waals surface area contributed by atoms with E-state index in [9.17, 15) is 19.1 Å². The average Bonchev–Trinajstić information content (AvgIpc) is 3.04. The van der Waals surface area contributed by atoms with E-state index in [4.69, 9.17) is 0 Å². The number of aromatic nitrogens is 1. The van der Waals surface area contributed by atoms with Gasteiger partial charge in [0.2, 0.25) is 5.91 Å². The summed E-state index contributed by atoms with van der Waals surface area (Å²) in [5, 5.41) is 13.5. The Morgan fingerprint density at radius 2 is 2.05 bits per heavy atom. The number of nitrogens with one attached hydrogen (secondary N) is 1. The summed E-state index contributed by atoms with van der Waals surface area (Å²) in [5.41, 5.74) is 0.773. The van der Waals surface area contributed by atoms with E-state index in [0.717, 1.165) is 4.70 Å². The highest BCUT2D eigenvalue weighted by molar-refractivity contribution is 7.17. The average molecular weight is 318 g/mol. The third-order valence-corrected chi connectivity index (χ3v) is 4.04. The summed E-state index contributed by atoms with van der Waals surface area (Å²) in [6.07, 6.45) is 0. The molecule has 0 unspecified atom stereocenters. The first-order chi connectivity index (χ1) is 10.6. The maximum atomic E-state index is 13.5. The Balaban J connectivity index is 1.88. The van der Waals surface area contributed by atoms with Crippen LogP contribution in [0.5, 0.6) is 0 Å². The molecular formula is C15H11FN2O3S. The lowest BCUT2D eigenvalue weighted by atomic mass is 10.3. The van der Waals surface area contributed by atoms with Crippen molar-refractivity contribution < 1.29 is 19.1 Å². The third-order valence-electron chi connectivity index (χ3n) is 3.19. The van der Waals surface area contributed by atoms with Crippen LogP contribution in [0.4, 0.5) is 10.1 Å². The van der Waals surface area contributed by atoms with E-state index in [1.54, 1.807) is 12.1 Å². The summed E-state index contributed by atoms with van der Waals surface area (Å²) >= 11 is 1.40. The van der Waals surface area contributed by atoms with Crippen LogP contribution in [0.1, 0.15) is 10.5 Å². The molecule has 2 N–H and O–H groups in total. The van der Waals surface area contributed by atoms with Crippen LogP contribution in [0, 0.1) is 5.82 Å². The maximum absolute atomic E-state index is 13.5. The fraction of sp³-hybridized carbons (Fsp3) is 0.0667. The summed E-state index contributed by atoms with van der Waals surface area (Å²) < 4.78 is 15.7. The van der Waals surface area contributed by atoms with Gasteiger partial charge in [0.1, 0.15) is 18.1 Å². The van der Waals surface area contributed by atoms with Gasteiger partial charge >= 0.3 is 5.97 Å². The summed E-state index contributed by atoms with van der Waals surface area (Å²) in [6, 6.07) is 9.09. The highest BCUT2D eigenvalue weighted by Crippen LogP contribution is 2.25. The lowest BCUT2D eigenvalue weighted by molar-refractivity contribution is -0.116. The van der Waals surface area contributed by atoms with Gasteiger partial charge in [-0.3, -0.25) is 4.79 Å². The van der Waals surface area contributed by atoms with E-state index in [1.165, 1.54) is 40.2 Å². The molecule has 0 fully saturated rings. The van der Waals surface area contributed by atoms with E-state index < -0.39 is 17.7 Å². The second kappa shape index (κ2) is 5.61. The van der Waals surface area contributed by atoms with Crippen LogP contribution in [-0.4, -0.2) is 21.6 Å². The van der Waals surface area contributed by atoms with Gasteiger partial charge in [-0.15, -0.1) is 11.3 Å². The van der Waals surface area contributed by atoms with Gasteiger partial charge in [-0.1, -0.05) is 12.1 Å². The maximum Gasteiger partial charge on any atom is 0.352 e. The molecule has 22 heavy (non-hydrogen) atoms. The summed E-state index contributed by atoms with van der Waals surface area (Å²) in [4.78, 5) is 23.4. The number of carboxylic acids is 1. The van der Waals surface area contributed by atoms with Crippen LogP contribution in [0.2, 0.25) is 0 Å². The topological polar surface area (TPSA) is 71.3 Å². The zero-order chi connectivity index (χ0) is 15.7. The van der Waals surface area contributed by atoms with Crippen molar-refractivity contribution in [2.24, 2.45) is 0 Å². The molecule has 0 aliphatic rings. The van der Waals surface area contributed by atoms with Gasteiger partial charge < -0.3 is 15.0 Å². The first-order valence-corrected chi connectivity index (χ1v) is 7.28. The van der Waals surface area contributed by atoms with E-state index in [2.05, 4.69) is 5.32 Å². The van der Waals surface area contributed by atoms with Gasteiger partial charge in [0.15, 0.2) is 0 Å². The number of anilines is 1. The Morgan fingerprint density at radius 3 is 2.77 bits per heavy atom. The zero-order valence-electron chi connectivity index (χ0n) is 11.2. The summed E-state index contributed by atoms with van der Waals surface area (Å²) in [6.45, 7) is -0.198. The fourth-order valence-electron chi connectivity index (χ4n) is 2.22. The van der Waals surface area contributed by atoms with Crippen LogP contribution >= 0.6 is 11.3 Å². The Morgan fingerprint density at radius 1 is 1.27 bits per heavy atom. The molecule has 0 radical (unpaired) electrons. The molecule has 3 rings (SSSR count). The number of carbonyl (C=O) groups excluding carboxylic acids is 1. The molecule has 0 aliphatic carbocycles. The number of nitrogens with zero attached hydrogens (tertiary/aromatic N) is 1. The molecule has 2 heterocycles. The number of thiophene rings is 1. The number of hydrogen-bond donors (Lipinski definition) is 2. The SMILES string of the molecule is O=C(Cn1c(C(=O)O)cc2sccc21)Nc1ccccc1F. The minimum Gasteiger partial charge on any atom is -0.477 e. The normalized spacial score (nSPS) is 10.8. The molecule has 0 atom stereocenters. The van der Waals surface area contributed by atoms with Crippen molar-refractivity contribution in [2.45, 2.75) is 6.54 Å². The molecule has 5 nitrogen and oxygen atoms in total. The van der Waals surface area contributed by atoms with Crippen molar-refractivity contribution in [3.63, 3.8) is 0 Å². The van der Waals surface area contributed by atoms with E-state index in [-0.39, 0.29) is 17.9 Å². The molecule has 7 heteroatoms. The number of carbonyl (C=O) groups is 2. The Hall–Kier alpha value is -2.67. The number of rotatable bonds is 4. The van der Waals surface area contributed by atoms with Gasteiger partial charge in [-0.25, -0.2) is 9.18 Å². The number of hydrogen-bond acceptors (Lipinski definition) is 3. The number of amides is 1. The van der Waals surface area contributed by atoms with Gasteiger partial charge in [0, 0.05) is 0 Å². The largest absolute Gasteiger partial charge is 0.477 e. The lowest BCUT2D eigenvalue weighted by Crippen LogP contribution is -2.21. The third kappa shape index (κ3) is 2.58. The van der Waals surface area contributed by atoms with Crippen LogP contribution in [0.3, 0.4) is 0 Å². The number of fused-ring (bicyclic) bond motifs is 1. The van der Waals surface area contributed by atoms with E-state index >= 15 is 0 Å². The molecular weight excluding hydrogens is 307 g/mol. The second-order valence-electron chi connectivity index (χ2n) is 4.62. The predicted molar refractivity (Wildman–Crippen MR) is 81.8 cm³/mol. The Bertz CT molecular complexity index is 869. The molecule has 0 aliphatic heterocycles. The second-order valence-corrected chi connectivity index (χ2v) is 5.57. The molecule has 2 aromatic heterocycles. The molecule has 1 aromatic carbocycles. The fourth-order valence-corrected chi connectivity index (χ4v) is 3.04. The molecule has 0 saturated carbocycles. The van der Waals surface area contributed by atoms with Gasteiger partial charge in [0.05, 0.1) is 15.9 Å². The zero-order valence-corrected chi connectivity index (χ0v) is 12.1. The molecule has 0 saturated heterocycles. The Kier molecular flexibility index (Phi) is 3.64. The van der Waals surface area contributed by atoms with Crippen molar-refractivity contribution in [3.8, 4) is 0 Å². The van der Waals surface area contributed by atoms with Crippen molar-refractivity contribution >= 4 is 39.1 Å². The van der Waals surface area contributed by atoms with E-state index in [1.807, 2.05) is 5.38 Å². The number of aromatic carboxylic acids is 1. The monoisotopic (exact) mass is 318 g/mol.